The van der Waals surface area contributed by atoms with Crippen LogP contribution in [0.25, 0.3) is 0 Å². The molecule has 4 nitrogen and oxygen atoms in total. The third-order valence-electron chi connectivity index (χ3n) is 6.03. The van der Waals surface area contributed by atoms with Crippen LogP contribution in [0, 0.1) is 6.92 Å². The quantitative estimate of drug-likeness (QED) is 0.321. The highest BCUT2D eigenvalue weighted by Gasteiger charge is 2.25. The molecule has 2 heterocycles. The number of aryl methyl sites for hydroxylation is 1. The number of thioether (sulfide) groups is 1. The molecule has 1 N–H and O–H groups in total. The van der Waals surface area contributed by atoms with Crippen molar-refractivity contribution in [3.63, 3.8) is 0 Å². The van der Waals surface area contributed by atoms with Crippen LogP contribution in [-0.4, -0.2) is 24.1 Å². The van der Waals surface area contributed by atoms with Crippen LogP contribution in [0.3, 0.4) is 0 Å². The first-order chi connectivity index (χ1) is 17.1. The molecule has 0 fully saturated rings. The second kappa shape index (κ2) is 10.5. The highest BCUT2D eigenvalue weighted by atomic mass is 32.2. The van der Waals surface area contributed by atoms with Gasteiger partial charge in [-0.1, -0.05) is 48.5 Å². The Labute approximate surface area is 214 Å². The Morgan fingerprint density at radius 3 is 2.46 bits per heavy atom. The van der Waals surface area contributed by atoms with Gasteiger partial charge in [-0.05, 0) is 60.9 Å². The van der Waals surface area contributed by atoms with Crippen LogP contribution in [0.2, 0.25) is 0 Å². The van der Waals surface area contributed by atoms with Gasteiger partial charge in [0, 0.05) is 40.4 Å². The van der Waals surface area contributed by atoms with Crippen molar-refractivity contribution >= 4 is 46.3 Å². The molecule has 2 amide bonds. The minimum atomic E-state index is -0.152. The maximum atomic E-state index is 13.5. The number of benzene rings is 3. The highest BCUT2D eigenvalue weighted by Crippen LogP contribution is 2.42. The molecule has 1 aliphatic heterocycles. The molecule has 0 bridgehead atoms. The summed E-state index contributed by atoms with van der Waals surface area (Å²) < 4.78 is 1.21. The first kappa shape index (κ1) is 23.4. The molecule has 1 aliphatic rings. The van der Waals surface area contributed by atoms with Crippen LogP contribution in [0.1, 0.15) is 43.1 Å². The van der Waals surface area contributed by atoms with Gasteiger partial charge in [0.25, 0.3) is 11.8 Å². The second-order valence-electron chi connectivity index (χ2n) is 8.55. The molecule has 1 aromatic heterocycles. The summed E-state index contributed by atoms with van der Waals surface area (Å²) in [4.78, 5) is 29.3. The largest absolute Gasteiger partial charge is 0.322 e. The summed E-state index contributed by atoms with van der Waals surface area (Å²) in [6.07, 6.45) is 1.83. The van der Waals surface area contributed by atoms with Crippen molar-refractivity contribution in [3.05, 3.63) is 112 Å². The van der Waals surface area contributed by atoms with E-state index in [-0.39, 0.29) is 11.8 Å². The maximum Gasteiger partial charge on any atom is 0.258 e. The summed E-state index contributed by atoms with van der Waals surface area (Å²) in [6, 6.07) is 27.3. The van der Waals surface area contributed by atoms with Crippen molar-refractivity contribution in [1.82, 2.24) is 0 Å². The van der Waals surface area contributed by atoms with Crippen LogP contribution in [0.4, 0.5) is 11.4 Å². The van der Waals surface area contributed by atoms with E-state index in [9.17, 15) is 9.59 Å². The number of fused-ring (bicyclic) bond motifs is 1. The van der Waals surface area contributed by atoms with Gasteiger partial charge < -0.3 is 10.2 Å². The molecule has 5 rings (SSSR count). The van der Waals surface area contributed by atoms with Gasteiger partial charge >= 0.3 is 0 Å². The van der Waals surface area contributed by atoms with Crippen molar-refractivity contribution < 1.29 is 9.59 Å². The number of hydrogen-bond donors (Lipinski definition) is 1. The number of nitrogens with zero attached hydrogens (tertiary/aromatic N) is 1. The third-order valence-corrected chi connectivity index (χ3v) is 8.51. The molecule has 3 aromatic carbocycles. The number of carbonyl (C=O) groups excluding carboxylic acids is 2. The van der Waals surface area contributed by atoms with Crippen molar-refractivity contribution in [2.24, 2.45) is 0 Å². The van der Waals surface area contributed by atoms with Gasteiger partial charge in [-0.15, -0.1) is 23.1 Å². The van der Waals surface area contributed by atoms with E-state index in [0.717, 1.165) is 29.8 Å². The van der Waals surface area contributed by atoms with Gasteiger partial charge in [-0.25, -0.2) is 0 Å². The summed E-state index contributed by atoms with van der Waals surface area (Å²) in [5.41, 5.74) is 5.15. The van der Waals surface area contributed by atoms with E-state index in [4.69, 9.17) is 0 Å². The molecule has 0 radical (unpaired) electrons. The first-order valence-electron chi connectivity index (χ1n) is 11.7. The van der Waals surface area contributed by atoms with Gasteiger partial charge in [0.1, 0.15) is 0 Å². The van der Waals surface area contributed by atoms with Crippen molar-refractivity contribution in [3.8, 4) is 0 Å². The molecule has 0 spiro atoms. The van der Waals surface area contributed by atoms with Gasteiger partial charge in [0.2, 0.25) is 0 Å². The molecule has 4 aromatic rings. The number of anilines is 2. The predicted octanol–water partition coefficient (Wildman–Crippen LogP) is 7.04. The maximum absolute atomic E-state index is 13.5. The molecule has 0 saturated carbocycles. The zero-order valence-corrected chi connectivity index (χ0v) is 21.1. The van der Waals surface area contributed by atoms with Gasteiger partial charge in [-0.2, -0.15) is 0 Å². The topological polar surface area (TPSA) is 49.4 Å². The average Bonchev–Trinajstić information content (AvgIpc) is 3.16. The standard InChI is InChI=1S/C29H26N2O2S2/c1-20-8-5-6-11-25(20)27(32)30-23-14-12-22(13-15-23)28(33)31-16-7-17-34-29-26(31)19-24(35-29)18-21-9-3-2-4-10-21/h2-6,8-15,19H,7,16-18H2,1H3,(H,30,32). The molecule has 0 atom stereocenters. The molecule has 6 heteroatoms. The van der Waals surface area contributed by atoms with Gasteiger partial charge in [-0.3, -0.25) is 9.59 Å². The molecular formula is C29H26N2O2S2. The molecule has 176 valence electrons. The Hall–Kier alpha value is -3.35. The average molecular weight is 499 g/mol. The van der Waals surface area contributed by atoms with Gasteiger partial charge in [0.15, 0.2) is 0 Å². The second-order valence-corrected chi connectivity index (χ2v) is 11.1. The van der Waals surface area contributed by atoms with E-state index in [2.05, 4.69) is 35.6 Å². The zero-order chi connectivity index (χ0) is 24.2. The van der Waals surface area contributed by atoms with E-state index in [1.54, 1.807) is 35.6 Å². The number of carbonyl (C=O) groups is 2. The van der Waals surface area contributed by atoms with E-state index < -0.39 is 0 Å². The molecule has 0 unspecified atom stereocenters. The molecule has 35 heavy (non-hydrogen) atoms. The summed E-state index contributed by atoms with van der Waals surface area (Å²) in [6.45, 7) is 2.62. The summed E-state index contributed by atoms with van der Waals surface area (Å²) in [5, 5.41) is 2.93. The normalized spacial score (nSPS) is 13.1. The first-order valence-corrected chi connectivity index (χ1v) is 13.5. The Morgan fingerprint density at radius 1 is 0.943 bits per heavy atom. The SMILES string of the molecule is Cc1ccccc1C(=O)Nc1ccc(C(=O)N2CCCSc3sc(Cc4ccccc4)cc32)cc1. The predicted molar refractivity (Wildman–Crippen MR) is 146 cm³/mol. The van der Waals surface area contributed by atoms with Crippen molar-refractivity contribution in [2.45, 2.75) is 24.0 Å². The lowest BCUT2D eigenvalue weighted by atomic mass is 10.1. The monoisotopic (exact) mass is 498 g/mol. The highest BCUT2D eigenvalue weighted by molar-refractivity contribution is 8.01. The number of rotatable bonds is 5. The smallest absolute Gasteiger partial charge is 0.258 e. The number of hydrogen-bond acceptors (Lipinski definition) is 4. The Balaban J connectivity index is 1.33. The van der Waals surface area contributed by atoms with Crippen molar-refractivity contribution in [1.29, 1.82) is 0 Å². The number of thiophene rings is 1. The lowest BCUT2D eigenvalue weighted by molar-refractivity contribution is 0.0985. The summed E-state index contributed by atoms with van der Waals surface area (Å²) in [7, 11) is 0. The fourth-order valence-corrected chi connectivity index (χ4v) is 6.69. The zero-order valence-electron chi connectivity index (χ0n) is 19.5. The van der Waals surface area contributed by atoms with Crippen LogP contribution in [0.5, 0.6) is 0 Å². The molecule has 0 aliphatic carbocycles. The number of amides is 2. The Bertz CT molecular complexity index is 1350. The van der Waals surface area contributed by atoms with E-state index in [1.807, 2.05) is 53.9 Å². The van der Waals surface area contributed by atoms with Gasteiger partial charge in [0.05, 0.1) is 9.90 Å². The van der Waals surface area contributed by atoms with Crippen LogP contribution < -0.4 is 10.2 Å². The number of nitrogens with one attached hydrogen (secondary N) is 1. The Morgan fingerprint density at radius 2 is 1.69 bits per heavy atom. The minimum Gasteiger partial charge on any atom is -0.322 e. The Kier molecular flexibility index (Phi) is 7.02. The van der Waals surface area contributed by atoms with Crippen LogP contribution >= 0.6 is 23.1 Å². The van der Waals surface area contributed by atoms with Crippen LogP contribution in [0.15, 0.2) is 89.1 Å². The minimum absolute atomic E-state index is 0.00501. The third kappa shape index (κ3) is 5.34. The summed E-state index contributed by atoms with van der Waals surface area (Å²) >= 11 is 3.63. The van der Waals surface area contributed by atoms with E-state index in [1.165, 1.54) is 14.6 Å². The fraction of sp³-hybridized carbons (Fsp3) is 0.172. The van der Waals surface area contributed by atoms with E-state index in [0.29, 0.717) is 23.4 Å². The van der Waals surface area contributed by atoms with Crippen molar-refractivity contribution in [2.75, 3.05) is 22.5 Å². The molecular weight excluding hydrogens is 472 g/mol. The van der Waals surface area contributed by atoms with E-state index >= 15 is 0 Å². The summed E-state index contributed by atoms with van der Waals surface area (Å²) in [5.74, 6) is 0.849. The fourth-order valence-electron chi connectivity index (χ4n) is 4.18. The van der Waals surface area contributed by atoms with Crippen LogP contribution in [-0.2, 0) is 6.42 Å². The lowest BCUT2D eigenvalue weighted by Crippen LogP contribution is -2.31. The molecule has 0 saturated heterocycles. The lowest BCUT2D eigenvalue weighted by Gasteiger charge is -2.21.